The monoisotopic (exact) mass is 270 g/mol. The van der Waals surface area contributed by atoms with Gasteiger partial charge in [-0.1, -0.05) is 30.3 Å². The number of hydrogen-bond acceptors (Lipinski definition) is 5. The van der Waals surface area contributed by atoms with Crippen LogP contribution >= 0.6 is 0 Å². The second-order valence-electron chi connectivity index (χ2n) is 4.76. The fourth-order valence-electron chi connectivity index (χ4n) is 2.16. The molecule has 1 aromatic carbocycles. The SMILES string of the molecule is c1ccc(COc2cnc(C3CNCCN3)nc2)cc1. The summed E-state index contributed by atoms with van der Waals surface area (Å²) < 4.78 is 5.67. The molecule has 2 N–H and O–H groups in total. The van der Waals surface area contributed by atoms with E-state index in [1.54, 1.807) is 12.4 Å². The molecule has 1 unspecified atom stereocenters. The van der Waals surface area contributed by atoms with Crippen molar-refractivity contribution in [2.45, 2.75) is 12.6 Å². The van der Waals surface area contributed by atoms with Crippen molar-refractivity contribution in [2.24, 2.45) is 0 Å². The molecule has 1 aliphatic rings. The zero-order valence-electron chi connectivity index (χ0n) is 11.2. The number of nitrogens with one attached hydrogen (secondary N) is 2. The van der Waals surface area contributed by atoms with Crippen LogP contribution in [0.5, 0.6) is 5.75 Å². The van der Waals surface area contributed by atoms with E-state index >= 15 is 0 Å². The van der Waals surface area contributed by atoms with Crippen molar-refractivity contribution in [3.05, 3.63) is 54.1 Å². The normalized spacial score (nSPS) is 18.7. The first kappa shape index (κ1) is 13.0. The van der Waals surface area contributed by atoms with E-state index in [1.165, 1.54) is 0 Å². The quantitative estimate of drug-likeness (QED) is 0.876. The second-order valence-corrected chi connectivity index (χ2v) is 4.76. The van der Waals surface area contributed by atoms with Crippen LogP contribution in [0.2, 0.25) is 0 Å². The molecule has 2 heterocycles. The molecule has 5 nitrogen and oxygen atoms in total. The van der Waals surface area contributed by atoms with Crippen LogP contribution in [-0.4, -0.2) is 29.6 Å². The Bertz CT molecular complexity index is 523. The van der Waals surface area contributed by atoms with Crippen LogP contribution in [0.1, 0.15) is 17.4 Å². The number of nitrogens with zero attached hydrogens (tertiary/aromatic N) is 2. The predicted octanol–water partition coefficient (Wildman–Crippen LogP) is 1.29. The Morgan fingerprint density at radius 3 is 2.60 bits per heavy atom. The number of rotatable bonds is 4. The van der Waals surface area contributed by atoms with Crippen LogP contribution in [0, 0.1) is 0 Å². The highest BCUT2D eigenvalue weighted by Crippen LogP contribution is 2.13. The van der Waals surface area contributed by atoms with Gasteiger partial charge < -0.3 is 15.4 Å². The number of benzene rings is 1. The molecular weight excluding hydrogens is 252 g/mol. The van der Waals surface area contributed by atoms with E-state index in [4.69, 9.17) is 4.74 Å². The summed E-state index contributed by atoms with van der Waals surface area (Å²) in [5.41, 5.74) is 1.13. The van der Waals surface area contributed by atoms with Crippen molar-refractivity contribution in [2.75, 3.05) is 19.6 Å². The van der Waals surface area contributed by atoms with Gasteiger partial charge in [0.2, 0.25) is 0 Å². The van der Waals surface area contributed by atoms with Gasteiger partial charge in [0.05, 0.1) is 18.4 Å². The molecule has 1 fully saturated rings. The molecule has 0 spiro atoms. The van der Waals surface area contributed by atoms with Gasteiger partial charge in [-0.15, -0.1) is 0 Å². The number of aromatic nitrogens is 2. The summed E-state index contributed by atoms with van der Waals surface area (Å²) in [7, 11) is 0. The smallest absolute Gasteiger partial charge is 0.156 e. The zero-order valence-corrected chi connectivity index (χ0v) is 11.2. The first-order valence-corrected chi connectivity index (χ1v) is 6.84. The Morgan fingerprint density at radius 1 is 1.10 bits per heavy atom. The number of piperazine rings is 1. The van der Waals surface area contributed by atoms with E-state index in [2.05, 4.69) is 20.6 Å². The van der Waals surface area contributed by atoms with Crippen LogP contribution in [0.15, 0.2) is 42.7 Å². The molecule has 1 atom stereocenters. The van der Waals surface area contributed by atoms with Gasteiger partial charge in [0.25, 0.3) is 0 Å². The minimum Gasteiger partial charge on any atom is -0.486 e. The van der Waals surface area contributed by atoms with Crippen molar-refractivity contribution in [1.82, 2.24) is 20.6 Å². The lowest BCUT2D eigenvalue weighted by Gasteiger charge is -2.23. The molecular formula is C15H18N4O. The molecule has 2 aromatic rings. The highest BCUT2D eigenvalue weighted by Gasteiger charge is 2.16. The van der Waals surface area contributed by atoms with Gasteiger partial charge in [-0.05, 0) is 5.56 Å². The number of ether oxygens (including phenoxy) is 1. The largest absolute Gasteiger partial charge is 0.486 e. The molecule has 0 bridgehead atoms. The second kappa shape index (κ2) is 6.45. The van der Waals surface area contributed by atoms with E-state index in [0.29, 0.717) is 12.4 Å². The van der Waals surface area contributed by atoms with Crippen molar-refractivity contribution >= 4 is 0 Å². The first-order chi connectivity index (χ1) is 9.92. The number of hydrogen-bond donors (Lipinski definition) is 2. The maximum atomic E-state index is 5.67. The molecule has 3 rings (SSSR count). The molecule has 1 aromatic heterocycles. The molecule has 1 saturated heterocycles. The summed E-state index contributed by atoms with van der Waals surface area (Å²) in [6.07, 6.45) is 3.48. The van der Waals surface area contributed by atoms with Gasteiger partial charge in [-0.2, -0.15) is 0 Å². The van der Waals surface area contributed by atoms with Gasteiger partial charge in [-0.25, -0.2) is 9.97 Å². The molecule has 5 heteroatoms. The average molecular weight is 270 g/mol. The Kier molecular flexibility index (Phi) is 4.20. The van der Waals surface area contributed by atoms with Gasteiger partial charge in [-0.3, -0.25) is 0 Å². The Labute approximate surface area is 118 Å². The van der Waals surface area contributed by atoms with Gasteiger partial charge in [0.15, 0.2) is 5.75 Å². The summed E-state index contributed by atoms with van der Waals surface area (Å²) in [4.78, 5) is 8.75. The predicted molar refractivity (Wildman–Crippen MR) is 76.4 cm³/mol. The van der Waals surface area contributed by atoms with E-state index in [1.807, 2.05) is 30.3 Å². The minimum atomic E-state index is 0.187. The Hall–Kier alpha value is -1.98. The van der Waals surface area contributed by atoms with Crippen molar-refractivity contribution in [3.63, 3.8) is 0 Å². The summed E-state index contributed by atoms with van der Waals surface area (Å²) in [6, 6.07) is 10.2. The summed E-state index contributed by atoms with van der Waals surface area (Å²) in [6.45, 7) is 3.34. The van der Waals surface area contributed by atoms with Crippen molar-refractivity contribution in [3.8, 4) is 5.75 Å². The Morgan fingerprint density at radius 2 is 1.90 bits per heavy atom. The zero-order chi connectivity index (χ0) is 13.6. The lowest BCUT2D eigenvalue weighted by Crippen LogP contribution is -2.43. The molecule has 20 heavy (non-hydrogen) atoms. The fraction of sp³-hybridized carbons (Fsp3) is 0.333. The van der Waals surface area contributed by atoms with Crippen LogP contribution in [0.3, 0.4) is 0 Å². The van der Waals surface area contributed by atoms with E-state index < -0.39 is 0 Å². The van der Waals surface area contributed by atoms with Crippen molar-refractivity contribution in [1.29, 1.82) is 0 Å². The third kappa shape index (κ3) is 3.31. The first-order valence-electron chi connectivity index (χ1n) is 6.84. The lowest BCUT2D eigenvalue weighted by atomic mass is 10.2. The lowest BCUT2D eigenvalue weighted by molar-refractivity contribution is 0.302. The Balaban J connectivity index is 1.58. The van der Waals surface area contributed by atoms with Crippen LogP contribution in [-0.2, 0) is 6.61 Å². The topological polar surface area (TPSA) is 59.1 Å². The highest BCUT2D eigenvalue weighted by atomic mass is 16.5. The summed E-state index contributed by atoms with van der Waals surface area (Å²) in [5, 5.41) is 6.71. The standard InChI is InChI=1S/C15H18N4O/c1-2-4-12(5-3-1)11-20-13-8-18-15(19-9-13)14-10-16-6-7-17-14/h1-5,8-9,14,16-17H,6-7,10-11H2. The van der Waals surface area contributed by atoms with E-state index in [9.17, 15) is 0 Å². The minimum absolute atomic E-state index is 0.187. The molecule has 1 aliphatic heterocycles. The van der Waals surface area contributed by atoms with E-state index in [0.717, 1.165) is 31.0 Å². The summed E-state index contributed by atoms with van der Waals surface area (Å²) in [5.74, 6) is 1.51. The van der Waals surface area contributed by atoms with Crippen LogP contribution in [0.25, 0.3) is 0 Å². The molecule has 0 amide bonds. The van der Waals surface area contributed by atoms with Crippen molar-refractivity contribution < 1.29 is 4.74 Å². The van der Waals surface area contributed by atoms with Gasteiger partial charge in [0.1, 0.15) is 12.4 Å². The van der Waals surface area contributed by atoms with Gasteiger partial charge >= 0.3 is 0 Å². The maximum Gasteiger partial charge on any atom is 0.156 e. The van der Waals surface area contributed by atoms with Crippen LogP contribution < -0.4 is 15.4 Å². The molecule has 0 aliphatic carbocycles. The molecule has 0 saturated carbocycles. The highest BCUT2D eigenvalue weighted by molar-refractivity contribution is 5.17. The third-order valence-electron chi connectivity index (χ3n) is 3.25. The molecule has 104 valence electrons. The third-order valence-corrected chi connectivity index (χ3v) is 3.25. The van der Waals surface area contributed by atoms with Gasteiger partial charge in [0, 0.05) is 19.6 Å². The molecule has 0 radical (unpaired) electrons. The fourth-order valence-corrected chi connectivity index (χ4v) is 2.16. The average Bonchev–Trinajstić information content (AvgIpc) is 2.55. The maximum absolute atomic E-state index is 5.67. The summed E-state index contributed by atoms with van der Waals surface area (Å²) >= 11 is 0. The van der Waals surface area contributed by atoms with E-state index in [-0.39, 0.29) is 6.04 Å². The van der Waals surface area contributed by atoms with Crippen LogP contribution in [0.4, 0.5) is 0 Å².